The Bertz CT molecular complexity index is 507. The fourth-order valence-electron chi connectivity index (χ4n) is 2.24. The Morgan fingerprint density at radius 1 is 1.28 bits per heavy atom. The molecule has 0 spiro atoms. The van der Waals surface area contributed by atoms with Gasteiger partial charge >= 0.3 is 0 Å². The fraction of sp³-hybridized carbons (Fsp3) is 0.467. The minimum absolute atomic E-state index is 0.00197. The van der Waals surface area contributed by atoms with E-state index < -0.39 is 0 Å². The number of carbonyl (C=O) groups excluding carboxylic acids is 1. The van der Waals surface area contributed by atoms with E-state index in [-0.39, 0.29) is 17.4 Å². The molecule has 3 heteroatoms. The maximum absolute atomic E-state index is 12.1. The summed E-state index contributed by atoms with van der Waals surface area (Å²) in [4.78, 5) is 18.3. The summed E-state index contributed by atoms with van der Waals surface area (Å²) in [5.41, 5.74) is 2.90. The van der Waals surface area contributed by atoms with Crippen LogP contribution >= 0.6 is 0 Å². The standard InChI is InChI=1S/C15H20N2O/c1-10-12-6-8-15(3,4)9-7-13(12)17(5)14(18)11(2)16-10/h6-9,11H,1-5H3. The van der Waals surface area contributed by atoms with Crippen molar-refractivity contribution in [3.63, 3.8) is 0 Å². The van der Waals surface area contributed by atoms with Crippen LogP contribution in [0.3, 0.4) is 0 Å². The maximum Gasteiger partial charge on any atom is 0.251 e. The molecule has 2 aliphatic rings. The molecule has 0 radical (unpaired) electrons. The van der Waals surface area contributed by atoms with E-state index in [2.05, 4.69) is 37.1 Å². The SMILES string of the molecule is CC1=NC(C)C(=O)N(C)C2=C1C=CC(C)(C)C=C2. The fourth-order valence-corrected chi connectivity index (χ4v) is 2.24. The van der Waals surface area contributed by atoms with Gasteiger partial charge in [-0.3, -0.25) is 9.79 Å². The van der Waals surface area contributed by atoms with Crippen molar-refractivity contribution in [2.24, 2.45) is 10.4 Å². The molecule has 1 amide bonds. The summed E-state index contributed by atoms with van der Waals surface area (Å²) in [6.07, 6.45) is 8.39. The lowest BCUT2D eigenvalue weighted by molar-refractivity contribution is -0.128. The summed E-state index contributed by atoms with van der Waals surface area (Å²) in [6.45, 7) is 8.09. The number of hydrogen-bond acceptors (Lipinski definition) is 2. The Hall–Kier alpha value is -1.64. The zero-order valence-electron chi connectivity index (χ0n) is 11.7. The third-order valence-electron chi connectivity index (χ3n) is 3.45. The summed E-state index contributed by atoms with van der Waals surface area (Å²) in [7, 11) is 1.82. The van der Waals surface area contributed by atoms with Crippen LogP contribution in [-0.2, 0) is 4.79 Å². The van der Waals surface area contributed by atoms with Gasteiger partial charge in [-0.05, 0) is 19.9 Å². The highest BCUT2D eigenvalue weighted by atomic mass is 16.2. The lowest BCUT2D eigenvalue weighted by Crippen LogP contribution is -2.32. The van der Waals surface area contributed by atoms with Gasteiger partial charge in [0.05, 0.1) is 5.70 Å². The molecule has 18 heavy (non-hydrogen) atoms. The Morgan fingerprint density at radius 3 is 2.56 bits per heavy atom. The smallest absolute Gasteiger partial charge is 0.251 e. The molecule has 96 valence electrons. The van der Waals surface area contributed by atoms with Crippen LogP contribution in [0, 0.1) is 5.41 Å². The van der Waals surface area contributed by atoms with Gasteiger partial charge in [-0.25, -0.2) is 0 Å². The van der Waals surface area contributed by atoms with E-state index in [1.165, 1.54) is 0 Å². The van der Waals surface area contributed by atoms with Crippen LogP contribution < -0.4 is 0 Å². The number of aliphatic imine (C=N–C) groups is 1. The number of allylic oxidation sites excluding steroid dienone is 5. The molecular formula is C15H20N2O. The molecule has 0 aromatic carbocycles. The molecule has 1 atom stereocenters. The van der Waals surface area contributed by atoms with E-state index in [0.29, 0.717) is 0 Å². The molecule has 0 saturated heterocycles. The zero-order valence-corrected chi connectivity index (χ0v) is 11.7. The number of amides is 1. The van der Waals surface area contributed by atoms with Crippen molar-refractivity contribution in [2.75, 3.05) is 7.05 Å². The summed E-state index contributed by atoms with van der Waals surface area (Å²) in [5, 5.41) is 0. The molecule has 0 aromatic heterocycles. The average Bonchev–Trinajstić information content (AvgIpc) is 2.48. The van der Waals surface area contributed by atoms with E-state index in [1.54, 1.807) is 4.90 Å². The molecule has 1 aliphatic heterocycles. The van der Waals surface area contributed by atoms with Crippen molar-refractivity contribution in [3.8, 4) is 0 Å². The highest BCUT2D eigenvalue weighted by Gasteiger charge is 2.26. The quantitative estimate of drug-likeness (QED) is 0.645. The summed E-state index contributed by atoms with van der Waals surface area (Å²) in [5.74, 6) is 0.0390. The van der Waals surface area contributed by atoms with Gasteiger partial charge in [0.15, 0.2) is 0 Å². The third-order valence-corrected chi connectivity index (χ3v) is 3.45. The second-order valence-corrected chi connectivity index (χ2v) is 5.57. The molecule has 1 unspecified atom stereocenters. The largest absolute Gasteiger partial charge is 0.313 e. The van der Waals surface area contributed by atoms with Crippen molar-refractivity contribution in [1.29, 1.82) is 0 Å². The molecular weight excluding hydrogens is 224 g/mol. The Morgan fingerprint density at radius 2 is 1.89 bits per heavy atom. The van der Waals surface area contributed by atoms with Gasteiger partial charge in [0.2, 0.25) is 0 Å². The van der Waals surface area contributed by atoms with Gasteiger partial charge in [-0.2, -0.15) is 0 Å². The predicted molar refractivity (Wildman–Crippen MR) is 74.4 cm³/mol. The van der Waals surface area contributed by atoms with Crippen LogP contribution in [0.2, 0.25) is 0 Å². The van der Waals surface area contributed by atoms with Crippen LogP contribution in [-0.4, -0.2) is 29.6 Å². The molecule has 1 aliphatic carbocycles. The minimum atomic E-state index is -0.309. The molecule has 0 saturated carbocycles. The van der Waals surface area contributed by atoms with Crippen molar-refractivity contribution in [3.05, 3.63) is 35.6 Å². The van der Waals surface area contributed by atoms with Crippen LogP contribution in [0.25, 0.3) is 0 Å². The number of hydrogen-bond donors (Lipinski definition) is 0. The first-order chi connectivity index (χ1) is 8.32. The number of carbonyl (C=O) groups is 1. The van der Waals surface area contributed by atoms with E-state index in [1.807, 2.05) is 27.0 Å². The molecule has 1 heterocycles. The van der Waals surface area contributed by atoms with E-state index in [9.17, 15) is 4.79 Å². The van der Waals surface area contributed by atoms with Crippen LogP contribution in [0.4, 0.5) is 0 Å². The van der Waals surface area contributed by atoms with E-state index >= 15 is 0 Å². The lowest BCUT2D eigenvalue weighted by Gasteiger charge is -2.19. The topological polar surface area (TPSA) is 32.7 Å². The van der Waals surface area contributed by atoms with Gasteiger partial charge < -0.3 is 4.90 Å². The van der Waals surface area contributed by atoms with Crippen molar-refractivity contribution in [2.45, 2.75) is 33.7 Å². The predicted octanol–water partition coefficient (Wildman–Crippen LogP) is 2.71. The Labute approximate surface area is 109 Å². The first kappa shape index (κ1) is 12.8. The number of nitrogens with zero attached hydrogens (tertiary/aromatic N) is 2. The van der Waals surface area contributed by atoms with Gasteiger partial charge in [0.25, 0.3) is 5.91 Å². The molecule has 2 rings (SSSR count). The monoisotopic (exact) mass is 244 g/mol. The van der Waals surface area contributed by atoms with Crippen LogP contribution in [0.1, 0.15) is 27.7 Å². The summed E-state index contributed by atoms with van der Waals surface area (Å²) >= 11 is 0. The Kier molecular flexibility index (Phi) is 3.01. The molecule has 0 fully saturated rings. The molecule has 0 aromatic rings. The van der Waals surface area contributed by atoms with Crippen LogP contribution in [0.5, 0.6) is 0 Å². The van der Waals surface area contributed by atoms with E-state index in [0.717, 1.165) is 17.0 Å². The van der Waals surface area contributed by atoms with Gasteiger partial charge in [-0.15, -0.1) is 0 Å². The molecule has 0 bridgehead atoms. The van der Waals surface area contributed by atoms with Gasteiger partial charge in [-0.1, -0.05) is 32.1 Å². The maximum atomic E-state index is 12.1. The second kappa shape index (κ2) is 4.23. The zero-order chi connectivity index (χ0) is 13.5. The second-order valence-electron chi connectivity index (χ2n) is 5.57. The van der Waals surface area contributed by atoms with Crippen molar-refractivity contribution in [1.82, 2.24) is 4.90 Å². The highest BCUT2D eigenvalue weighted by Crippen LogP contribution is 2.29. The summed E-state index contributed by atoms with van der Waals surface area (Å²) < 4.78 is 0. The van der Waals surface area contributed by atoms with Crippen molar-refractivity contribution < 1.29 is 4.79 Å². The van der Waals surface area contributed by atoms with E-state index in [4.69, 9.17) is 0 Å². The normalized spacial score (nSPS) is 26.7. The number of rotatable bonds is 0. The average molecular weight is 244 g/mol. The third kappa shape index (κ3) is 2.17. The Balaban J connectivity index is 2.58. The summed E-state index contributed by atoms with van der Waals surface area (Å²) in [6, 6.07) is -0.309. The van der Waals surface area contributed by atoms with Gasteiger partial charge in [0, 0.05) is 23.7 Å². The van der Waals surface area contributed by atoms with Gasteiger partial charge in [0.1, 0.15) is 6.04 Å². The minimum Gasteiger partial charge on any atom is -0.313 e. The van der Waals surface area contributed by atoms with Crippen molar-refractivity contribution >= 4 is 11.6 Å². The molecule has 0 N–H and O–H groups in total. The first-order valence-electron chi connectivity index (χ1n) is 6.27. The first-order valence-corrected chi connectivity index (χ1v) is 6.27. The highest BCUT2D eigenvalue weighted by molar-refractivity contribution is 6.05. The lowest BCUT2D eigenvalue weighted by atomic mass is 9.93. The molecule has 3 nitrogen and oxygen atoms in total. The number of likely N-dealkylation sites (N-methyl/N-ethyl adjacent to an activating group) is 1. The van der Waals surface area contributed by atoms with Crippen LogP contribution in [0.15, 0.2) is 40.6 Å².